The van der Waals surface area contributed by atoms with Crippen molar-refractivity contribution in [2.45, 2.75) is 45.4 Å². The summed E-state index contributed by atoms with van der Waals surface area (Å²) in [4.78, 5) is 25.4. The first-order valence-corrected chi connectivity index (χ1v) is 9.08. The Morgan fingerprint density at radius 1 is 1.21 bits per heavy atom. The summed E-state index contributed by atoms with van der Waals surface area (Å²) < 4.78 is 5.22. The second-order valence-corrected chi connectivity index (χ2v) is 6.87. The van der Waals surface area contributed by atoms with Crippen LogP contribution in [0, 0.1) is 12.8 Å². The van der Waals surface area contributed by atoms with Crippen molar-refractivity contribution in [2.24, 2.45) is 5.92 Å². The van der Waals surface area contributed by atoms with Gasteiger partial charge in [0.25, 0.3) is 0 Å². The zero-order chi connectivity index (χ0) is 16.9. The Morgan fingerprint density at radius 3 is 2.58 bits per heavy atom. The molecule has 0 radical (unpaired) electrons. The number of hydrogen-bond acceptors (Lipinski definition) is 5. The maximum Gasteiger partial charge on any atom is 0.222 e. The molecule has 1 saturated heterocycles. The van der Waals surface area contributed by atoms with Crippen molar-refractivity contribution in [1.29, 1.82) is 0 Å². The minimum absolute atomic E-state index is 0.318. The predicted octanol–water partition coefficient (Wildman–Crippen LogP) is 2.41. The Bertz CT molecular complexity index is 564. The van der Waals surface area contributed by atoms with E-state index < -0.39 is 0 Å². The van der Waals surface area contributed by atoms with Crippen LogP contribution in [0.5, 0.6) is 5.88 Å². The van der Waals surface area contributed by atoms with Gasteiger partial charge in [0.15, 0.2) is 0 Å². The summed E-state index contributed by atoms with van der Waals surface area (Å²) in [6, 6.07) is 1.87. The smallest absolute Gasteiger partial charge is 0.222 e. The SMILES string of the molecule is COc1cc(N2CCN(C(=O)CCC3CCCC3)CC2)nc(C)n1. The van der Waals surface area contributed by atoms with Gasteiger partial charge < -0.3 is 14.5 Å². The largest absolute Gasteiger partial charge is 0.481 e. The zero-order valence-electron chi connectivity index (χ0n) is 14.8. The van der Waals surface area contributed by atoms with E-state index in [-0.39, 0.29) is 0 Å². The first-order valence-electron chi connectivity index (χ1n) is 9.08. The van der Waals surface area contributed by atoms with Crippen LogP contribution in [0.15, 0.2) is 6.07 Å². The van der Waals surface area contributed by atoms with Crippen LogP contribution >= 0.6 is 0 Å². The molecule has 2 heterocycles. The topological polar surface area (TPSA) is 58.6 Å². The summed E-state index contributed by atoms with van der Waals surface area (Å²) in [5, 5.41) is 0. The molecule has 0 spiro atoms. The van der Waals surface area contributed by atoms with Gasteiger partial charge in [0.05, 0.1) is 7.11 Å². The minimum Gasteiger partial charge on any atom is -0.481 e. The number of amides is 1. The number of anilines is 1. The van der Waals surface area contributed by atoms with E-state index in [0.717, 1.165) is 44.3 Å². The van der Waals surface area contributed by atoms with Crippen molar-refractivity contribution in [3.63, 3.8) is 0 Å². The van der Waals surface area contributed by atoms with Crippen LogP contribution in [-0.2, 0) is 4.79 Å². The van der Waals surface area contributed by atoms with E-state index in [4.69, 9.17) is 4.74 Å². The highest BCUT2D eigenvalue weighted by Crippen LogP contribution is 2.29. The van der Waals surface area contributed by atoms with Gasteiger partial charge in [-0.05, 0) is 19.3 Å². The normalized spacial score (nSPS) is 18.9. The number of aryl methyl sites for hydroxylation is 1. The minimum atomic E-state index is 0.318. The molecule has 0 atom stereocenters. The molecular weight excluding hydrogens is 304 g/mol. The summed E-state index contributed by atoms with van der Waals surface area (Å²) in [5.74, 6) is 3.29. The third-order valence-corrected chi connectivity index (χ3v) is 5.21. The Kier molecular flexibility index (Phi) is 5.53. The second-order valence-electron chi connectivity index (χ2n) is 6.87. The van der Waals surface area contributed by atoms with E-state index >= 15 is 0 Å². The highest BCUT2D eigenvalue weighted by molar-refractivity contribution is 5.76. The van der Waals surface area contributed by atoms with Crippen molar-refractivity contribution < 1.29 is 9.53 Å². The predicted molar refractivity (Wildman–Crippen MR) is 93.3 cm³/mol. The molecule has 2 aliphatic rings. The zero-order valence-corrected chi connectivity index (χ0v) is 14.8. The molecule has 0 unspecified atom stereocenters. The number of carbonyl (C=O) groups is 1. The third kappa shape index (κ3) is 4.16. The van der Waals surface area contributed by atoms with Gasteiger partial charge in [-0.1, -0.05) is 25.7 Å². The van der Waals surface area contributed by atoms with E-state index in [0.29, 0.717) is 24.0 Å². The number of carbonyl (C=O) groups excluding carboxylic acids is 1. The van der Waals surface area contributed by atoms with Crippen molar-refractivity contribution in [1.82, 2.24) is 14.9 Å². The quantitative estimate of drug-likeness (QED) is 0.829. The number of hydrogen-bond donors (Lipinski definition) is 0. The molecule has 0 aromatic carbocycles. The molecule has 24 heavy (non-hydrogen) atoms. The van der Waals surface area contributed by atoms with Crippen molar-refractivity contribution in [2.75, 3.05) is 38.2 Å². The van der Waals surface area contributed by atoms with E-state index in [2.05, 4.69) is 14.9 Å². The number of methoxy groups -OCH3 is 1. The van der Waals surface area contributed by atoms with Crippen LogP contribution in [-0.4, -0.2) is 54.1 Å². The third-order valence-electron chi connectivity index (χ3n) is 5.21. The van der Waals surface area contributed by atoms with Gasteiger partial charge in [0, 0.05) is 38.7 Å². The molecule has 1 saturated carbocycles. The van der Waals surface area contributed by atoms with Crippen molar-refractivity contribution in [3.8, 4) is 5.88 Å². The van der Waals surface area contributed by atoms with Crippen molar-refractivity contribution >= 4 is 11.7 Å². The van der Waals surface area contributed by atoms with Gasteiger partial charge in [-0.3, -0.25) is 4.79 Å². The van der Waals surface area contributed by atoms with Crippen LogP contribution < -0.4 is 9.64 Å². The van der Waals surface area contributed by atoms with E-state index in [1.165, 1.54) is 25.7 Å². The van der Waals surface area contributed by atoms with Crippen LogP contribution in [0.25, 0.3) is 0 Å². The van der Waals surface area contributed by atoms with E-state index in [1.807, 2.05) is 17.9 Å². The molecule has 1 aliphatic carbocycles. The highest BCUT2D eigenvalue weighted by Gasteiger charge is 2.24. The molecule has 6 nitrogen and oxygen atoms in total. The second kappa shape index (κ2) is 7.81. The number of ether oxygens (including phenoxy) is 1. The summed E-state index contributed by atoms with van der Waals surface area (Å²) in [6.45, 7) is 5.04. The molecule has 1 aliphatic heterocycles. The lowest BCUT2D eigenvalue weighted by molar-refractivity contribution is -0.131. The Balaban J connectivity index is 1.49. The first-order chi connectivity index (χ1) is 11.7. The first kappa shape index (κ1) is 17.0. The average molecular weight is 332 g/mol. The number of nitrogens with zero attached hydrogens (tertiary/aromatic N) is 4. The van der Waals surface area contributed by atoms with Gasteiger partial charge in [-0.15, -0.1) is 0 Å². The molecule has 1 amide bonds. The Labute approximate surface area is 144 Å². The number of piperazine rings is 1. The molecule has 132 valence electrons. The van der Waals surface area contributed by atoms with Gasteiger partial charge in [0.1, 0.15) is 11.6 Å². The Hall–Kier alpha value is -1.85. The molecule has 1 aromatic rings. The molecule has 2 fully saturated rings. The highest BCUT2D eigenvalue weighted by atomic mass is 16.5. The van der Waals surface area contributed by atoms with E-state index in [1.54, 1.807) is 7.11 Å². The monoisotopic (exact) mass is 332 g/mol. The van der Waals surface area contributed by atoms with Gasteiger partial charge in [-0.25, -0.2) is 4.98 Å². The lowest BCUT2D eigenvalue weighted by atomic mass is 10.0. The molecule has 0 bridgehead atoms. The van der Waals surface area contributed by atoms with Crippen LogP contribution in [0.1, 0.15) is 44.3 Å². The van der Waals surface area contributed by atoms with Crippen LogP contribution in [0.4, 0.5) is 5.82 Å². The maximum absolute atomic E-state index is 12.4. The van der Waals surface area contributed by atoms with Gasteiger partial charge >= 0.3 is 0 Å². The number of rotatable bonds is 5. The molecule has 3 rings (SSSR count). The van der Waals surface area contributed by atoms with E-state index in [9.17, 15) is 4.79 Å². The van der Waals surface area contributed by atoms with Crippen LogP contribution in [0.3, 0.4) is 0 Å². The van der Waals surface area contributed by atoms with Gasteiger partial charge in [0.2, 0.25) is 11.8 Å². The number of aromatic nitrogens is 2. The molecule has 1 aromatic heterocycles. The summed E-state index contributed by atoms with van der Waals surface area (Å²) in [7, 11) is 1.62. The van der Waals surface area contributed by atoms with Crippen LogP contribution in [0.2, 0.25) is 0 Å². The summed E-state index contributed by atoms with van der Waals surface area (Å²) in [5.41, 5.74) is 0. The molecule has 0 N–H and O–H groups in total. The molecular formula is C18H28N4O2. The summed E-state index contributed by atoms with van der Waals surface area (Å²) in [6.07, 6.45) is 7.11. The van der Waals surface area contributed by atoms with Gasteiger partial charge in [-0.2, -0.15) is 4.98 Å². The standard InChI is InChI=1S/C18H28N4O2/c1-14-19-16(13-17(20-14)24-2)21-9-11-22(12-10-21)18(23)8-7-15-5-3-4-6-15/h13,15H,3-12H2,1-2H3. The Morgan fingerprint density at radius 2 is 1.92 bits per heavy atom. The summed E-state index contributed by atoms with van der Waals surface area (Å²) >= 11 is 0. The lowest BCUT2D eigenvalue weighted by Gasteiger charge is -2.35. The van der Waals surface area contributed by atoms with Crippen molar-refractivity contribution in [3.05, 3.63) is 11.9 Å². The fourth-order valence-electron chi connectivity index (χ4n) is 3.76. The fourth-order valence-corrected chi connectivity index (χ4v) is 3.76. The average Bonchev–Trinajstić information content (AvgIpc) is 3.12. The molecule has 6 heteroatoms. The fraction of sp³-hybridized carbons (Fsp3) is 0.722. The maximum atomic E-state index is 12.4. The lowest BCUT2D eigenvalue weighted by Crippen LogP contribution is -2.49.